The van der Waals surface area contributed by atoms with Gasteiger partial charge in [0, 0.05) is 48.1 Å². The maximum Gasteiger partial charge on any atom is 0.326 e. The topological polar surface area (TPSA) is 220 Å². The molecule has 2 unspecified atom stereocenters. The number of rotatable bonds is 17. The number of pyridine rings is 1. The quantitative estimate of drug-likeness (QED) is 0.0794. The Balaban J connectivity index is 1.82. The molecule has 0 saturated heterocycles. The van der Waals surface area contributed by atoms with Gasteiger partial charge in [0.1, 0.15) is 11.8 Å². The predicted octanol–water partition coefficient (Wildman–Crippen LogP) is 1.97. The molecule has 0 radical (unpaired) electrons. The number of ether oxygens (including phenoxy) is 1. The van der Waals surface area contributed by atoms with Gasteiger partial charge in [-0.25, -0.2) is 4.79 Å². The number of hydrogen-bond donors (Lipinski definition) is 7. The van der Waals surface area contributed by atoms with Crippen molar-refractivity contribution in [3.05, 3.63) is 30.0 Å². The molecule has 0 aliphatic rings. The molecule has 2 rings (SSSR count). The van der Waals surface area contributed by atoms with Gasteiger partial charge in [0.2, 0.25) is 11.8 Å². The van der Waals surface area contributed by atoms with Crippen molar-refractivity contribution in [1.29, 1.82) is 0 Å². The average molecular weight is 601 g/mol. The number of nitrogens with one attached hydrogen (secondary N) is 3. The van der Waals surface area contributed by atoms with Gasteiger partial charge in [-0.15, -0.1) is 0 Å². The van der Waals surface area contributed by atoms with E-state index in [1.54, 1.807) is 7.11 Å². The molecule has 0 bridgehead atoms. The fourth-order valence-electron chi connectivity index (χ4n) is 4.38. The fourth-order valence-corrected chi connectivity index (χ4v) is 4.38. The van der Waals surface area contributed by atoms with E-state index in [0.29, 0.717) is 25.9 Å². The number of methoxy groups -OCH3 is 1. The van der Waals surface area contributed by atoms with Gasteiger partial charge in [0.15, 0.2) is 5.96 Å². The summed E-state index contributed by atoms with van der Waals surface area (Å²) in [4.78, 5) is 45.0. The molecule has 0 aliphatic carbocycles. The maximum atomic E-state index is 12.4. The SMILES string of the molecule is COc1cc(NC(C)CCCNC(=O)CCC(NC(=O)[C@@H](N)CCCN=C(N)N)C(=O)O)c2nc(C(C)(C)C)ccc2c1. The Kier molecular flexibility index (Phi) is 13.5. The molecule has 43 heavy (non-hydrogen) atoms. The molecule has 1 aromatic heterocycles. The number of hydrogen-bond acceptors (Lipinski definition) is 8. The third kappa shape index (κ3) is 11.9. The van der Waals surface area contributed by atoms with Crippen molar-refractivity contribution in [2.24, 2.45) is 22.2 Å². The number of aromatic nitrogens is 1. The number of fused-ring (bicyclic) bond motifs is 1. The van der Waals surface area contributed by atoms with E-state index in [1.807, 2.05) is 18.2 Å². The number of carboxylic acids is 1. The third-order valence-corrected chi connectivity index (χ3v) is 6.89. The number of carbonyl (C=O) groups excluding carboxylic acids is 2. The highest BCUT2D eigenvalue weighted by atomic mass is 16.5. The first kappa shape index (κ1) is 35.1. The summed E-state index contributed by atoms with van der Waals surface area (Å²) in [5.41, 5.74) is 19.0. The van der Waals surface area contributed by atoms with Crippen LogP contribution in [0.3, 0.4) is 0 Å². The second-order valence-corrected chi connectivity index (χ2v) is 11.7. The van der Waals surface area contributed by atoms with Gasteiger partial charge >= 0.3 is 5.97 Å². The van der Waals surface area contributed by atoms with Crippen molar-refractivity contribution in [2.45, 2.75) is 89.8 Å². The summed E-state index contributed by atoms with van der Waals surface area (Å²) in [6.07, 6.45) is 2.11. The first-order valence-corrected chi connectivity index (χ1v) is 14.6. The smallest absolute Gasteiger partial charge is 0.326 e. The highest BCUT2D eigenvalue weighted by Crippen LogP contribution is 2.31. The zero-order valence-electron chi connectivity index (χ0n) is 25.9. The summed E-state index contributed by atoms with van der Waals surface area (Å²) >= 11 is 0. The Bertz CT molecular complexity index is 1270. The fraction of sp³-hybridized carbons (Fsp3) is 0.567. The van der Waals surface area contributed by atoms with Gasteiger partial charge < -0.3 is 43.0 Å². The first-order valence-electron chi connectivity index (χ1n) is 14.6. The van der Waals surface area contributed by atoms with Crippen LogP contribution < -0.4 is 37.9 Å². The number of guanidine groups is 1. The molecular weight excluding hydrogens is 552 g/mol. The zero-order chi connectivity index (χ0) is 32.2. The number of benzene rings is 1. The van der Waals surface area contributed by atoms with Crippen molar-refractivity contribution >= 4 is 40.3 Å². The molecule has 0 fully saturated rings. The van der Waals surface area contributed by atoms with Crippen molar-refractivity contribution in [2.75, 3.05) is 25.5 Å². The number of aliphatic imine (C=N–C) groups is 1. The molecular formula is C30H48N8O5. The minimum Gasteiger partial charge on any atom is -0.497 e. The summed E-state index contributed by atoms with van der Waals surface area (Å²) in [5, 5.41) is 19.2. The van der Waals surface area contributed by atoms with E-state index in [-0.39, 0.29) is 42.6 Å². The zero-order valence-corrected chi connectivity index (χ0v) is 25.9. The number of aliphatic carboxylic acids is 1. The van der Waals surface area contributed by atoms with Crippen molar-refractivity contribution in [1.82, 2.24) is 15.6 Å². The van der Waals surface area contributed by atoms with Crippen LogP contribution in [-0.4, -0.2) is 72.2 Å². The Morgan fingerprint density at radius 3 is 2.44 bits per heavy atom. The van der Waals surface area contributed by atoms with Gasteiger partial charge in [0.05, 0.1) is 24.4 Å². The number of nitrogens with zero attached hydrogens (tertiary/aromatic N) is 2. The predicted molar refractivity (Wildman–Crippen MR) is 169 cm³/mol. The normalized spacial score (nSPS) is 13.4. The number of amides is 2. The highest BCUT2D eigenvalue weighted by molar-refractivity contribution is 5.92. The molecule has 238 valence electrons. The summed E-state index contributed by atoms with van der Waals surface area (Å²) in [6, 6.07) is 5.95. The van der Waals surface area contributed by atoms with E-state index in [0.717, 1.165) is 34.5 Å². The summed E-state index contributed by atoms with van der Waals surface area (Å²) in [7, 11) is 1.63. The van der Waals surface area contributed by atoms with Gasteiger partial charge in [-0.3, -0.25) is 19.6 Å². The lowest BCUT2D eigenvalue weighted by Gasteiger charge is -2.21. The van der Waals surface area contributed by atoms with E-state index in [2.05, 4.69) is 54.7 Å². The Morgan fingerprint density at radius 1 is 1.09 bits per heavy atom. The van der Waals surface area contributed by atoms with Crippen LogP contribution in [-0.2, 0) is 19.8 Å². The average Bonchev–Trinajstić information content (AvgIpc) is 2.94. The standard InChI is InChI=1S/C30H48N8O5/c1-18(36-23-17-20(43-5)16-19-10-12-24(30(2,3)4)38-26(19)23)8-6-14-34-25(39)13-11-22(28(41)42)37-27(40)21(31)9-7-15-35-29(32)33/h10,12,16-18,21-22,36H,6-9,11,13-15,31H2,1-5H3,(H,34,39)(H,37,40)(H,41,42)(H4,32,33,35)/t18?,21-,22?/m0/s1. The second-order valence-electron chi connectivity index (χ2n) is 11.7. The van der Waals surface area contributed by atoms with Gasteiger partial charge in [-0.2, -0.15) is 0 Å². The summed E-state index contributed by atoms with van der Waals surface area (Å²) in [5.74, 6) is -1.45. The Morgan fingerprint density at radius 2 is 1.81 bits per heavy atom. The number of nitrogens with two attached hydrogens (primary N) is 3. The van der Waals surface area contributed by atoms with E-state index >= 15 is 0 Å². The Labute approximate surface area is 253 Å². The number of carbonyl (C=O) groups is 3. The van der Waals surface area contributed by atoms with Crippen LogP contribution in [0.25, 0.3) is 10.9 Å². The van der Waals surface area contributed by atoms with Crippen molar-refractivity contribution < 1.29 is 24.2 Å². The van der Waals surface area contributed by atoms with E-state index in [4.69, 9.17) is 26.9 Å². The molecule has 10 N–H and O–H groups in total. The van der Waals surface area contributed by atoms with Gasteiger partial charge in [-0.05, 0) is 51.2 Å². The third-order valence-electron chi connectivity index (χ3n) is 6.89. The molecule has 0 saturated carbocycles. The molecule has 1 aromatic carbocycles. The minimum atomic E-state index is -1.23. The van der Waals surface area contributed by atoms with Crippen molar-refractivity contribution in [3.8, 4) is 5.75 Å². The van der Waals surface area contributed by atoms with E-state index in [1.165, 1.54) is 0 Å². The number of carboxylic acid groups (broad SMARTS) is 1. The molecule has 0 spiro atoms. The van der Waals surface area contributed by atoms with Crippen LogP contribution in [0.4, 0.5) is 5.69 Å². The van der Waals surface area contributed by atoms with E-state index in [9.17, 15) is 19.5 Å². The molecule has 0 aliphatic heterocycles. The molecule has 2 amide bonds. The summed E-state index contributed by atoms with van der Waals surface area (Å²) in [6.45, 7) is 9.19. The number of anilines is 1. The lowest BCUT2D eigenvalue weighted by atomic mass is 9.91. The molecule has 13 heteroatoms. The van der Waals surface area contributed by atoms with Crippen LogP contribution in [0.15, 0.2) is 29.3 Å². The molecule has 1 heterocycles. The van der Waals surface area contributed by atoms with E-state index < -0.39 is 24.0 Å². The lowest BCUT2D eigenvalue weighted by molar-refractivity contribution is -0.142. The minimum absolute atomic E-state index is 0.0531. The van der Waals surface area contributed by atoms with Crippen LogP contribution in [0.1, 0.15) is 71.9 Å². The van der Waals surface area contributed by atoms with Gasteiger partial charge in [0.25, 0.3) is 0 Å². The van der Waals surface area contributed by atoms with Crippen LogP contribution >= 0.6 is 0 Å². The van der Waals surface area contributed by atoms with Gasteiger partial charge in [-0.1, -0.05) is 26.8 Å². The Hall–Kier alpha value is -4.13. The van der Waals surface area contributed by atoms with Crippen molar-refractivity contribution in [3.63, 3.8) is 0 Å². The first-order chi connectivity index (χ1) is 20.2. The maximum absolute atomic E-state index is 12.4. The largest absolute Gasteiger partial charge is 0.497 e. The lowest BCUT2D eigenvalue weighted by Crippen LogP contribution is -2.48. The van der Waals surface area contributed by atoms with Crippen LogP contribution in [0.5, 0.6) is 5.75 Å². The molecule has 3 atom stereocenters. The molecule has 2 aromatic rings. The second kappa shape index (κ2) is 16.5. The van der Waals surface area contributed by atoms with Crippen LogP contribution in [0.2, 0.25) is 0 Å². The molecule has 13 nitrogen and oxygen atoms in total. The monoisotopic (exact) mass is 600 g/mol. The highest BCUT2D eigenvalue weighted by Gasteiger charge is 2.24. The van der Waals surface area contributed by atoms with Crippen LogP contribution in [0, 0.1) is 0 Å². The summed E-state index contributed by atoms with van der Waals surface area (Å²) < 4.78 is 5.49.